The molecular weight excluding hydrogens is 396 g/mol. The highest BCUT2D eigenvalue weighted by Crippen LogP contribution is 2.28. The smallest absolute Gasteiger partial charge is 0.229 e. The zero-order valence-electron chi connectivity index (χ0n) is 15.9. The molecule has 2 aromatic carbocycles. The summed E-state index contributed by atoms with van der Waals surface area (Å²) in [6.45, 7) is 0.289. The quantitative estimate of drug-likeness (QED) is 0.606. The molecule has 10 heteroatoms. The summed E-state index contributed by atoms with van der Waals surface area (Å²) in [5.74, 6) is 0.0155. The van der Waals surface area contributed by atoms with Gasteiger partial charge in [0.15, 0.2) is 0 Å². The molecule has 3 aromatic rings. The van der Waals surface area contributed by atoms with Crippen LogP contribution in [0.4, 0.5) is 11.4 Å². The molecule has 1 amide bonds. The van der Waals surface area contributed by atoms with Crippen LogP contribution >= 0.6 is 0 Å². The number of rotatable bonds is 7. The highest BCUT2D eigenvalue weighted by atomic mass is 32.2. The first kappa shape index (κ1) is 20.3. The second-order valence-electron chi connectivity index (χ2n) is 6.34. The molecule has 1 aromatic heterocycles. The second-order valence-corrected chi connectivity index (χ2v) is 8.09. The summed E-state index contributed by atoms with van der Waals surface area (Å²) < 4.78 is 31.9. The average Bonchev–Trinajstić information content (AvgIpc) is 2.68. The number of nitrogens with one attached hydrogen (secondary N) is 2. The molecule has 1 heterocycles. The maximum Gasteiger partial charge on any atom is 0.229 e. The zero-order chi connectivity index (χ0) is 21.0. The molecule has 0 saturated heterocycles. The van der Waals surface area contributed by atoms with E-state index in [-0.39, 0.29) is 35.7 Å². The molecule has 152 valence electrons. The summed E-state index contributed by atoms with van der Waals surface area (Å²) in [5, 5.41) is 7.38. The average molecular weight is 416 g/mol. The minimum absolute atomic E-state index is 0.130. The van der Waals surface area contributed by atoms with Crippen LogP contribution in [0.25, 0.3) is 10.9 Å². The fourth-order valence-electron chi connectivity index (χ4n) is 2.82. The van der Waals surface area contributed by atoms with E-state index in [4.69, 9.17) is 4.74 Å². The predicted octanol–water partition coefficient (Wildman–Crippen LogP) is 1.81. The van der Waals surface area contributed by atoms with E-state index in [2.05, 4.69) is 15.1 Å². The number of fused-ring (bicyclic) bond motifs is 1. The van der Waals surface area contributed by atoms with E-state index >= 15 is 0 Å². The van der Waals surface area contributed by atoms with Crippen LogP contribution in [0.2, 0.25) is 0 Å². The van der Waals surface area contributed by atoms with Gasteiger partial charge >= 0.3 is 0 Å². The maximum absolute atomic E-state index is 12.3. The third-order valence-corrected chi connectivity index (χ3v) is 4.68. The molecule has 0 fully saturated rings. The van der Waals surface area contributed by atoms with Gasteiger partial charge in [0, 0.05) is 23.6 Å². The lowest BCUT2D eigenvalue weighted by molar-refractivity contribution is -0.116. The summed E-state index contributed by atoms with van der Waals surface area (Å²) in [7, 11) is -2.05. The van der Waals surface area contributed by atoms with Crippen molar-refractivity contribution in [1.82, 2.24) is 9.78 Å². The maximum atomic E-state index is 12.3. The molecule has 0 radical (unpaired) electrons. The highest BCUT2D eigenvalue weighted by Gasteiger charge is 2.11. The fraction of sp³-hybridized carbons (Fsp3) is 0.211. The molecule has 2 N–H and O–H groups in total. The van der Waals surface area contributed by atoms with Gasteiger partial charge in [-0.25, -0.2) is 8.42 Å². The Morgan fingerprint density at radius 3 is 2.69 bits per heavy atom. The number of amides is 1. The number of aryl methyl sites for hydroxylation is 1. The molecule has 0 unspecified atom stereocenters. The molecule has 29 heavy (non-hydrogen) atoms. The van der Waals surface area contributed by atoms with Crippen LogP contribution in [0.15, 0.2) is 53.5 Å². The van der Waals surface area contributed by atoms with Gasteiger partial charge < -0.3 is 10.1 Å². The first-order valence-electron chi connectivity index (χ1n) is 8.67. The summed E-state index contributed by atoms with van der Waals surface area (Å²) in [5.41, 5.74) is 1.22. The summed E-state index contributed by atoms with van der Waals surface area (Å²) >= 11 is 0. The van der Waals surface area contributed by atoms with Crippen molar-refractivity contribution in [2.75, 3.05) is 23.4 Å². The van der Waals surface area contributed by atoms with Gasteiger partial charge in [0.1, 0.15) is 5.75 Å². The third kappa shape index (κ3) is 5.11. The number of carbonyl (C=O) groups excluding carboxylic acids is 1. The Labute approximate surface area is 167 Å². The number of hydrogen-bond acceptors (Lipinski definition) is 6. The number of carbonyl (C=O) groups is 1. The van der Waals surface area contributed by atoms with Crippen molar-refractivity contribution in [2.24, 2.45) is 0 Å². The van der Waals surface area contributed by atoms with Crippen LogP contribution in [0.3, 0.4) is 0 Å². The Hall–Kier alpha value is -3.40. The van der Waals surface area contributed by atoms with Crippen LogP contribution in [0.5, 0.6) is 5.75 Å². The molecular formula is C19H20N4O5S. The largest absolute Gasteiger partial charge is 0.494 e. The van der Waals surface area contributed by atoms with Crippen LogP contribution in [0, 0.1) is 0 Å². The second kappa shape index (κ2) is 8.31. The number of benzene rings is 2. The molecule has 0 aliphatic carbocycles. The van der Waals surface area contributed by atoms with Gasteiger partial charge in [0.25, 0.3) is 0 Å². The van der Waals surface area contributed by atoms with Gasteiger partial charge in [-0.2, -0.15) is 5.10 Å². The Morgan fingerprint density at radius 1 is 1.21 bits per heavy atom. The van der Waals surface area contributed by atoms with Gasteiger partial charge in [0.05, 0.1) is 37.3 Å². The lowest BCUT2D eigenvalue weighted by atomic mass is 10.2. The molecule has 9 nitrogen and oxygen atoms in total. The number of para-hydroxylation sites is 1. The third-order valence-electron chi connectivity index (χ3n) is 4.09. The van der Waals surface area contributed by atoms with Crippen LogP contribution in [-0.4, -0.2) is 37.5 Å². The van der Waals surface area contributed by atoms with E-state index in [0.29, 0.717) is 16.6 Å². The van der Waals surface area contributed by atoms with Crippen LogP contribution in [0.1, 0.15) is 6.42 Å². The van der Waals surface area contributed by atoms with E-state index in [0.717, 1.165) is 6.26 Å². The fourth-order valence-corrected chi connectivity index (χ4v) is 3.39. The van der Waals surface area contributed by atoms with Crippen molar-refractivity contribution >= 4 is 38.2 Å². The normalized spacial score (nSPS) is 11.2. The Morgan fingerprint density at radius 2 is 1.97 bits per heavy atom. The minimum Gasteiger partial charge on any atom is -0.494 e. The molecule has 0 spiro atoms. The van der Waals surface area contributed by atoms with Crippen molar-refractivity contribution in [3.8, 4) is 5.75 Å². The molecule has 0 aliphatic rings. The molecule has 0 saturated carbocycles. The number of anilines is 2. The van der Waals surface area contributed by atoms with Gasteiger partial charge in [0.2, 0.25) is 21.4 Å². The summed E-state index contributed by atoms with van der Waals surface area (Å²) in [6, 6.07) is 11.7. The van der Waals surface area contributed by atoms with Crippen molar-refractivity contribution < 1.29 is 17.9 Å². The summed E-state index contributed by atoms with van der Waals surface area (Å²) in [4.78, 5) is 24.2. The zero-order valence-corrected chi connectivity index (χ0v) is 16.7. The standard InChI is InChI=1S/C19H20N4O5S/c1-28-18-11-13(7-8-15(18)22-29(2,26)27)21-19(25)9-10-23-16-6-4-3-5-14(16)17(24)12-20-23/h3-8,11-12,22H,9-10H2,1-2H3,(H,21,25). The van der Waals surface area contributed by atoms with E-state index in [1.54, 1.807) is 35.0 Å². The molecule has 3 rings (SSSR count). The van der Waals surface area contributed by atoms with Gasteiger partial charge in [-0.05, 0) is 24.3 Å². The van der Waals surface area contributed by atoms with Gasteiger partial charge in [-0.1, -0.05) is 12.1 Å². The van der Waals surface area contributed by atoms with E-state index < -0.39 is 10.0 Å². The SMILES string of the molecule is COc1cc(NC(=O)CCn2ncc(=O)c3ccccc32)ccc1NS(C)(=O)=O. The van der Waals surface area contributed by atoms with Crippen molar-refractivity contribution in [2.45, 2.75) is 13.0 Å². The van der Waals surface area contributed by atoms with Gasteiger partial charge in [-0.3, -0.25) is 19.0 Å². The first-order valence-corrected chi connectivity index (χ1v) is 10.6. The molecule has 0 bridgehead atoms. The number of ether oxygens (including phenoxy) is 1. The number of methoxy groups -OCH3 is 1. The monoisotopic (exact) mass is 416 g/mol. The first-order chi connectivity index (χ1) is 13.8. The van der Waals surface area contributed by atoms with Crippen LogP contribution in [-0.2, 0) is 21.4 Å². The lowest BCUT2D eigenvalue weighted by Crippen LogP contribution is -2.18. The van der Waals surface area contributed by atoms with Gasteiger partial charge in [-0.15, -0.1) is 0 Å². The minimum atomic E-state index is -3.46. The van der Waals surface area contributed by atoms with Crippen molar-refractivity contribution in [3.05, 3.63) is 58.9 Å². The Bertz CT molecular complexity index is 1220. The van der Waals surface area contributed by atoms with Crippen LogP contribution < -0.4 is 20.2 Å². The van der Waals surface area contributed by atoms with E-state index in [9.17, 15) is 18.0 Å². The van der Waals surface area contributed by atoms with E-state index in [1.807, 2.05) is 0 Å². The van der Waals surface area contributed by atoms with Crippen molar-refractivity contribution in [1.29, 1.82) is 0 Å². The number of sulfonamides is 1. The highest BCUT2D eigenvalue weighted by molar-refractivity contribution is 7.92. The lowest BCUT2D eigenvalue weighted by Gasteiger charge is -2.13. The molecule has 0 aliphatic heterocycles. The topological polar surface area (TPSA) is 119 Å². The summed E-state index contributed by atoms with van der Waals surface area (Å²) in [6.07, 6.45) is 2.40. The number of hydrogen-bond donors (Lipinski definition) is 2. The van der Waals surface area contributed by atoms with Crippen molar-refractivity contribution in [3.63, 3.8) is 0 Å². The molecule has 0 atom stereocenters. The number of aromatic nitrogens is 2. The van der Waals surface area contributed by atoms with E-state index in [1.165, 1.54) is 25.4 Å². The predicted molar refractivity (Wildman–Crippen MR) is 111 cm³/mol. The number of nitrogens with zero attached hydrogens (tertiary/aromatic N) is 2. The Balaban J connectivity index is 1.70. The Kier molecular flexibility index (Phi) is 5.83.